The van der Waals surface area contributed by atoms with Crippen molar-refractivity contribution in [2.24, 2.45) is 0 Å². The Hall–Kier alpha value is -3.72. The van der Waals surface area contributed by atoms with Gasteiger partial charge in [-0.2, -0.15) is 0 Å². The van der Waals surface area contributed by atoms with Gasteiger partial charge in [0.15, 0.2) is 17.3 Å². The lowest BCUT2D eigenvalue weighted by Gasteiger charge is -2.27. The Morgan fingerprint density at radius 1 is 0.886 bits per heavy atom. The third-order valence-corrected chi connectivity index (χ3v) is 5.52. The summed E-state index contributed by atoms with van der Waals surface area (Å²) in [6, 6.07) is 12.5. The van der Waals surface area contributed by atoms with Crippen LogP contribution in [0.1, 0.15) is 28.3 Å². The molecule has 0 saturated carbocycles. The highest BCUT2D eigenvalue weighted by atomic mass is 16.5. The van der Waals surface area contributed by atoms with Gasteiger partial charge in [0, 0.05) is 26.8 Å². The molecule has 9 heteroatoms. The Kier molecular flexibility index (Phi) is 9.80. The second-order valence-corrected chi connectivity index (χ2v) is 7.88. The van der Waals surface area contributed by atoms with Crippen LogP contribution in [0.5, 0.6) is 11.5 Å². The quantitative estimate of drug-likeness (QED) is 0.323. The number of amides is 2. The van der Waals surface area contributed by atoms with Crippen LogP contribution in [0.4, 0.5) is 0 Å². The van der Waals surface area contributed by atoms with Gasteiger partial charge in [0.25, 0.3) is 5.91 Å². The van der Waals surface area contributed by atoms with Crippen molar-refractivity contribution in [2.45, 2.75) is 19.4 Å². The molecule has 0 saturated heterocycles. The van der Waals surface area contributed by atoms with Crippen molar-refractivity contribution < 1.29 is 32.6 Å². The lowest BCUT2D eigenvalue weighted by atomic mass is 10.1. The minimum Gasteiger partial charge on any atom is -0.493 e. The normalized spacial score (nSPS) is 10.7. The Morgan fingerprint density at radius 3 is 2.31 bits per heavy atom. The first kappa shape index (κ1) is 25.9. The van der Waals surface area contributed by atoms with E-state index in [9.17, 15) is 9.59 Å². The molecule has 1 aromatic carbocycles. The first-order chi connectivity index (χ1) is 17.0. The van der Waals surface area contributed by atoms with Crippen LogP contribution in [0.3, 0.4) is 0 Å². The van der Waals surface area contributed by atoms with Crippen LogP contribution >= 0.6 is 0 Å². The smallest absolute Gasteiger partial charge is 0.290 e. The molecule has 0 atom stereocenters. The van der Waals surface area contributed by atoms with Crippen molar-refractivity contribution in [3.63, 3.8) is 0 Å². The lowest BCUT2D eigenvalue weighted by molar-refractivity contribution is -0.132. The average molecular weight is 485 g/mol. The number of benzene rings is 1. The molecular formula is C26H32N2O7. The van der Waals surface area contributed by atoms with Gasteiger partial charge in [0.05, 0.1) is 33.3 Å². The van der Waals surface area contributed by atoms with Crippen molar-refractivity contribution in [1.29, 1.82) is 0 Å². The zero-order chi connectivity index (χ0) is 25.0. The van der Waals surface area contributed by atoms with Crippen LogP contribution in [0.15, 0.2) is 63.8 Å². The van der Waals surface area contributed by atoms with Crippen molar-refractivity contribution in [2.75, 3.05) is 47.6 Å². The van der Waals surface area contributed by atoms with Crippen LogP contribution in [-0.4, -0.2) is 69.2 Å². The van der Waals surface area contributed by atoms with E-state index in [4.69, 9.17) is 23.0 Å². The molecule has 2 aromatic heterocycles. The lowest BCUT2D eigenvalue weighted by Crippen LogP contribution is -2.43. The van der Waals surface area contributed by atoms with Crippen molar-refractivity contribution in [3.05, 3.63) is 72.1 Å². The molecule has 3 rings (SSSR count). The summed E-state index contributed by atoms with van der Waals surface area (Å²) in [6.45, 7) is 1.47. The second-order valence-electron chi connectivity index (χ2n) is 7.88. The van der Waals surface area contributed by atoms with Gasteiger partial charge < -0.3 is 32.8 Å². The van der Waals surface area contributed by atoms with Crippen molar-refractivity contribution in [1.82, 2.24) is 9.80 Å². The van der Waals surface area contributed by atoms with Gasteiger partial charge in [0.2, 0.25) is 5.91 Å². The molecule has 35 heavy (non-hydrogen) atoms. The first-order valence-electron chi connectivity index (χ1n) is 11.4. The average Bonchev–Trinajstić information content (AvgIpc) is 3.60. The highest BCUT2D eigenvalue weighted by Gasteiger charge is 2.24. The number of carbonyl (C=O) groups excluding carboxylic acids is 2. The standard InChI is InChI=1S/C26H32N2O7/c1-31-14-6-12-28(26(30)23-8-5-16-35-23)19-25(29)27(18-21-7-4-15-34-21)13-11-20-9-10-22(32-2)24(17-20)33-3/h4-5,7-10,15-17H,6,11-14,18-19H2,1-3H3. The van der Waals surface area contributed by atoms with Gasteiger partial charge in [-0.1, -0.05) is 6.07 Å². The molecule has 2 heterocycles. The molecule has 3 aromatic rings. The molecule has 0 aliphatic heterocycles. The number of nitrogens with zero attached hydrogens (tertiary/aromatic N) is 2. The Morgan fingerprint density at radius 2 is 1.66 bits per heavy atom. The molecule has 0 aliphatic rings. The van der Waals surface area contributed by atoms with E-state index in [1.54, 1.807) is 50.7 Å². The summed E-state index contributed by atoms with van der Waals surface area (Å²) in [7, 11) is 4.77. The number of furan rings is 2. The monoisotopic (exact) mass is 484 g/mol. The molecule has 9 nitrogen and oxygen atoms in total. The maximum Gasteiger partial charge on any atom is 0.290 e. The van der Waals surface area contributed by atoms with Gasteiger partial charge in [-0.15, -0.1) is 0 Å². The van der Waals surface area contributed by atoms with Gasteiger partial charge in [0.1, 0.15) is 12.3 Å². The van der Waals surface area contributed by atoms with E-state index in [1.807, 2.05) is 24.3 Å². The molecule has 0 N–H and O–H groups in total. The highest BCUT2D eigenvalue weighted by Crippen LogP contribution is 2.27. The number of hydrogen-bond donors (Lipinski definition) is 0. The zero-order valence-corrected chi connectivity index (χ0v) is 20.4. The maximum absolute atomic E-state index is 13.4. The van der Waals surface area contributed by atoms with E-state index < -0.39 is 0 Å². The summed E-state index contributed by atoms with van der Waals surface area (Å²) in [4.78, 5) is 29.6. The molecule has 0 spiro atoms. The summed E-state index contributed by atoms with van der Waals surface area (Å²) in [6.07, 6.45) is 4.20. The highest BCUT2D eigenvalue weighted by molar-refractivity contribution is 5.94. The van der Waals surface area contributed by atoms with E-state index in [1.165, 1.54) is 11.2 Å². The summed E-state index contributed by atoms with van der Waals surface area (Å²) in [5, 5.41) is 0. The summed E-state index contributed by atoms with van der Waals surface area (Å²) in [5.74, 6) is 1.59. The fourth-order valence-electron chi connectivity index (χ4n) is 3.65. The van der Waals surface area contributed by atoms with Gasteiger partial charge in [-0.25, -0.2) is 0 Å². The molecule has 0 radical (unpaired) electrons. The third kappa shape index (κ3) is 7.38. The van der Waals surface area contributed by atoms with Crippen LogP contribution in [0, 0.1) is 0 Å². The predicted octanol–water partition coefficient (Wildman–Crippen LogP) is 3.64. The Bertz CT molecular complexity index is 1050. The largest absolute Gasteiger partial charge is 0.493 e. The molecule has 0 bridgehead atoms. The summed E-state index contributed by atoms with van der Waals surface area (Å²) >= 11 is 0. The van der Waals surface area contributed by atoms with E-state index in [0.29, 0.717) is 56.3 Å². The van der Waals surface area contributed by atoms with Crippen LogP contribution in [0.2, 0.25) is 0 Å². The molecule has 188 valence electrons. The first-order valence-corrected chi connectivity index (χ1v) is 11.4. The van der Waals surface area contributed by atoms with E-state index in [2.05, 4.69) is 0 Å². The minimum absolute atomic E-state index is 0.0874. The molecular weight excluding hydrogens is 452 g/mol. The number of carbonyl (C=O) groups is 2. The number of ether oxygens (including phenoxy) is 3. The molecule has 2 amide bonds. The van der Waals surface area contributed by atoms with Gasteiger partial charge in [-0.05, 0) is 54.8 Å². The van der Waals surface area contributed by atoms with E-state index in [0.717, 1.165) is 5.56 Å². The Labute approximate surface area is 205 Å². The van der Waals surface area contributed by atoms with Crippen molar-refractivity contribution in [3.8, 4) is 11.5 Å². The second kappa shape index (κ2) is 13.2. The SMILES string of the molecule is COCCCN(CC(=O)N(CCc1ccc(OC)c(OC)c1)Cc1ccco1)C(=O)c1ccco1. The zero-order valence-electron chi connectivity index (χ0n) is 20.4. The number of rotatable bonds is 14. The predicted molar refractivity (Wildman–Crippen MR) is 128 cm³/mol. The van der Waals surface area contributed by atoms with Crippen LogP contribution in [-0.2, 0) is 22.5 Å². The van der Waals surface area contributed by atoms with E-state index in [-0.39, 0.29) is 24.1 Å². The van der Waals surface area contributed by atoms with Crippen molar-refractivity contribution >= 4 is 11.8 Å². The molecule has 0 unspecified atom stereocenters. The fourth-order valence-corrected chi connectivity index (χ4v) is 3.65. The van der Waals surface area contributed by atoms with Gasteiger partial charge in [-0.3, -0.25) is 9.59 Å². The fraction of sp³-hybridized carbons (Fsp3) is 0.385. The van der Waals surface area contributed by atoms with Gasteiger partial charge >= 0.3 is 0 Å². The van der Waals surface area contributed by atoms with Crippen LogP contribution < -0.4 is 9.47 Å². The number of hydrogen-bond acceptors (Lipinski definition) is 7. The summed E-state index contributed by atoms with van der Waals surface area (Å²) < 4.78 is 26.6. The third-order valence-electron chi connectivity index (χ3n) is 5.52. The minimum atomic E-state index is -0.336. The topological polar surface area (TPSA) is 94.6 Å². The van der Waals surface area contributed by atoms with E-state index >= 15 is 0 Å². The maximum atomic E-state index is 13.4. The Balaban J connectivity index is 1.74. The number of methoxy groups -OCH3 is 3. The van der Waals surface area contributed by atoms with Crippen LogP contribution in [0.25, 0.3) is 0 Å². The molecule has 0 aliphatic carbocycles. The molecule has 0 fully saturated rings. The summed E-state index contributed by atoms with van der Waals surface area (Å²) in [5.41, 5.74) is 0.989.